The number of alkyl halides is 2. The smallest absolute Gasteiger partial charge is 0.280 e. The van der Waals surface area contributed by atoms with Crippen LogP contribution in [0.4, 0.5) is 8.78 Å². The molecule has 11 heteroatoms. The Bertz CT molecular complexity index is 1210. The number of fused-ring (bicyclic) bond motifs is 2. The first-order valence-corrected chi connectivity index (χ1v) is 9.28. The van der Waals surface area contributed by atoms with Crippen LogP contribution in [0.1, 0.15) is 34.7 Å². The van der Waals surface area contributed by atoms with Crippen molar-refractivity contribution in [2.24, 2.45) is 0 Å². The molecule has 28 heavy (non-hydrogen) atoms. The van der Waals surface area contributed by atoms with E-state index in [1.165, 1.54) is 28.2 Å². The fourth-order valence-corrected chi connectivity index (χ4v) is 3.82. The monoisotopic (exact) mass is 401 g/mol. The normalized spacial score (nSPS) is 17.9. The van der Waals surface area contributed by atoms with Gasteiger partial charge in [0.25, 0.3) is 18.1 Å². The van der Waals surface area contributed by atoms with Gasteiger partial charge in [0.05, 0.1) is 11.7 Å². The van der Waals surface area contributed by atoms with E-state index in [1.807, 2.05) is 11.6 Å². The molecule has 142 valence electrons. The fourth-order valence-electron chi connectivity index (χ4n) is 3.12. The van der Waals surface area contributed by atoms with Crippen molar-refractivity contribution < 1.29 is 13.6 Å². The number of imidazole rings is 1. The molecule has 1 unspecified atom stereocenters. The first-order chi connectivity index (χ1) is 13.5. The molecule has 1 fully saturated rings. The lowest BCUT2D eigenvalue weighted by atomic mass is 10.3. The highest BCUT2D eigenvalue weighted by molar-refractivity contribution is 7.15. The third kappa shape index (κ3) is 2.74. The van der Waals surface area contributed by atoms with Gasteiger partial charge in [0.1, 0.15) is 17.7 Å². The number of carbonyl (C=O) groups is 1. The van der Waals surface area contributed by atoms with E-state index >= 15 is 0 Å². The molecule has 4 heterocycles. The summed E-state index contributed by atoms with van der Waals surface area (Å²) in [6.07, 6.45) is 4.53. The summed E-state index contributed by atoms with van der Waals surface area (Å²) in [5.74, 6) is -0.0671. The molecule has 1 aliphatic carbocycles. The Kier molecular flexibility index (Phi) is 3.72. The van der Waals surface area contributed by atoms with Crippen LogP contribution in [0, 0.1) is 0 Å². The van der Waals surface area contributed by atoms with Crippen molar-refractivity contribution in [3.05, 3.63) is 52.8 Å². The first kappa shape index (κ1) is 16.9. The molecule has 4 aromatic rings. The number of nitrogens with zero attached hydrogens (tertiary/aromatic N) is 7. The highest BCUT2D eigenvalue weighted by Gasteiger charge is 2.37. The zero-order chi connectivity index (χ0) is 19.4. The molecule has 0 aliphatic heterocycles. The SMILES string of the molecule is CN(C(=O)c1cn2ccsc2n1)C1C/C1=C/c1cc(C(F)F)nc2ncnn12. The van der Waals surface area contributed by atoms with Gasteiger partial charge in [0.15, 0.2) is 4.96 Å². The number of likely N-dealkylation sites (N-methyl/N-ethyl adjacent to an activating group) is 1. The number of rotatable bonds is 4. The summed E-state index contributed by atoms with van der Waals surface area (Å²) in [4.78, 5) is 27.1. The van der Waals surface area contributed by atoms with E-state index in [-0.39, 0.29) is 23.4 Å². The van der Waals surface area contributed by atoms with Crippen LogP contribution < -0.4 is 0 Å². The summed E-state index contributed by atoms with van der Waals surface area (Å²) < 4.78 is 29.4. The zero-order valence-electron chi connectivity index (χ0n) is 14.5. The molecule has 1 amide bonds. The van der Waals surface area contributed by atoms with Crippen LogP contribution >= 0.6 is 11.3 Å². The number of hydrogen-bond donors (Lipinski definition) is 0. The van der Waals surface area contributed by atoms with Gasteiger partial charge in [-0.1, -0.05) is 0 Å². The van der Waals surface area contributed by atoms with Gasteiger partial charge in [0.2, 0.25) is 0 Å². The molecule has 5 rings (SSSR count). The molecular weight excluding hydrogens is 388 g/mol. The second-order valence-corrected chi connectivity index (χ2v) is 7.33. The Hall–Kier alpha value is -3.21. The van der Waals surface area contributed by atoms with Crippen molar-refractivity contribution in [2.75, 3.05) is 7.05 Å². The van der Waals surface area contributed by atoms with Gasteiger partial charge in [-0.2, -0.15) is 14.6 Å². The molecule has 1 atom stereocenters. The van der Waals surface area contributed by atoms with Gasteiger partial charge in [0, 0.05) is 24.8 Å². The van der Waals surface area contributed by atoms with Crippen molar-refractivity contribution >= 4 is 34.1 Å². The minimum atomic E-state index is -2.70. The molecule has 0 saturated heterocycles. The largest absolute Gasteiger partial charge is 0.333 e. The summed E-state index contributed by atoms with van der Waals surface area (Å²) in [6, 6.07) is 1.19. The molecule has 1 aliphatic rings. The van der Waals surface area contributed by atoms with E-state index in [4.69, 9.17) is 0 Å². The minimum absolute atomic E-state index is 0.103. The van der Waals surface area contributed by atoms with E-state index < -0.39 is 6.43 Å². The average Bonchev–Trinajstić information content (AvgIpc) is 3.05. The van der Waals surface area contributed by atoms with Crippen LogP contribution in [0.5, 0.6) is 0 Å². The van der Waals surface area contributed by atoms with Gasteiger partial charge in [-0.25, -0.2) is 18.7 Å². The van der Waals surface area contributed by atoms with Crippen molar-refractivity contribution in [3.63, 3.8) is 0 Å². The Morgan fingerprint density at radius 3 is 3.07 bits per heavy atom. The fraction of sp³-hybridized carbons (Fsp3) is 0.235. The van der Waals surface area contributed by atoms with E-state index in [0.717, 1.165) is 10.5 Å². The highest BCUT2D eigenvalue weighted by atomic mass is 32.1. The lowest BCUT2D eigenvalue weighted by molar-refractivity contribution is 0.0785. The molecule has 0 radical (unpaired) electrons. The Morgan fingerprint density at radius 2 is 2.29 bits per heavy atom. The molecule has 0 N–H and O–H groups in total. The maximum absolute atomic E-state index is 13.1. The van der Waals surface area contributed by atoms with Gasteiger partial charge in [-0.3, -0.25) is 9.20 Å². The van der Waals surface area contributed by atoms with Crippen LogP contribution in [0.3, 0.4) is 0 Å². The number of amides is 1. The van der Waals surface area contributed by atoms with E-state index in [2.05, 4.69) is 20.1 Å². The second-order valence-electron chi connectivity index (χ2n) is 6.45. The van der Waals surface area contributed by atoms with Gasteiger partial charge >= 0.3 is 0 Å². The Labute approximate surface area is 160 Å². The summed E-state index contributed by atoms with van der Waals surface area (Å²) in [5, 5.41) is 5.93. The van der Waals surface area contributed by atoms with Crippen LogP contribution in [-0.2, 0) is 0 Å². The van der Waals surface area contributed by atoms with Crippen molar-refractivity contribution in [2.45, 2.75) is 18.9 Å². The lowest BCUT2D eigenvalue weighted by Gasteiger charge is -2.14. The van der Waals surface area contributed by atoms with Crippen LogP contribution in [0.25, 0.3) is 16.8 Å². The highest BCUT2D eigenvalue weighted by Crippen LogP contribution is 2.37. The predicted molar refractivity (Wildman–Crippen MR) is 97.3 cm³/mol. The zero-order valence-corrected chi connectivity index (χ0v) is 15.3. The first-order valence-electron chi connectivity index (χ1n) is 8.40. The van der Waals surface area contributed by atoms with Gasteiger partial charge in [-0.05, 0) is 24.1 Å². The van der Waals surface area contributed by atoms with E-state index in [0.29, 0.717) is 17.8 Å². The third-order valence-corrected chi connectivity index (χ3v) is 5.42. The second kappa shape index (κ2) is 6.16. The van der Waals surface area contributed by atoms with Crippen LogP contribution in [0.2, 0.25) is 0 Å². The molecule has 0 spiro atoms. The maximum atomic E-state index is 13.1. The third-order valence-electron chi connectivity index (χ3n) is 4.65. The van der Waals surface area contributed by atoms with Crippen molar-refractivity contribution in [3.8, 4) is 0 Å². The number of halogens is 2. The molecule has 0 bridgehead atoms. The molecule has 0 aromatic carbocycles. The average molecular weight is 401 g/mol. The number of carbonyl (C=O) groups excluding carboxylic acids is 1. The predicted octanol–water partition coefficient (Wildman–Crippen LogP) is 2.70. The van der Waals surface area contributed by atoms with Crippen molar-refractivity contribution in [1.82, 2.24) is 33.9 Å². The minimum Gasteiger partial charge on any atom is -0.333 e. The van der Waals surface area contributed by atoms with E-state index in [9.17, 15) is 13.6 Å². The van der Waals surface area contributed by atoms with Crippen LogP contribution in [0.15, 0.2) is 35.7 Å². The Balaban J connectivity index is 1.41. The summed E-state index contributed by atoms with van der Waals surface area (Å²) in [5.41, 5.74) is 1.42. The number of hydrogen-bond acceptors (Lipinski definition) is 6. The summed E-state index contributed by atoms with van der Waals surface area (Å²) in [7, 11) is 1.71. The van der Waals surface area contributed by atoms with Crippen LogP contribution in [-0.4, -0.2) is 52.9 Å². The number of aromatic nitrogens is 6. The standard InChI is InChI=1S/C17H13F2N7OS/c1-24(15(27)12-7-25-2-3-28-17(25)23-12)13-5-9(13)4-10-6-11(14(18)19)22-16-20-8-21-26(10)16/h2-4,6-8,13-14H,5H2,1H3/b9-4-. The van der Waals surface area contributed by atoms with Crippen molar-refractivity contribution in [1.29, 1.82) is 0 Å². The topological polar surface area (TPSA) is 80.7 Å². The molecular formula is C17H13F2N7OS. The number of thiazole rings is 1. The Morgan fingerprint density at radius 1 is 1.43 bits per heavy atom. The van der Waals surface area contributed by atoms with Gasteiger partial charge in [-0.15, -0.1) is 11.3 Å². The van der Waals surface area contributed by atoms with Gasteiger partial charge < -0.3 is 4.90 Å². The molecule has 4 aromatic heterocycles. The summed E-state index contributed by atoms with van der Waals surface area (Å²) >= 11 is 1.46. The molecule has 1 saturated carbocycles. The van der Waals surface area contributed by atoms with E-state index in [1.54, 1.807) is 28.6 Å². The summed E-state index contributed by atoms with van der Waals surface area (Å²) in [6.45, 7) is 0. The maximum Gasteiger partial charge on any atom is 0.280 e. The quantitative estimate of drug-likeness (QED) is 0.525. The molecule has 8 nitrogen and oxygen atoms in total. The lowest BCUT2D eigenvalue weighted by Crippen LogP contribution is -2.29.